The smallest absolute Gasteiger partial charge is 0.227 e. The average Bonchev–Trinajstić information content (AvgIpc) is 2.96. The molecule has 3 rings (SSSR count). The Morgan fingerprint density at radius 1 is 0.875 bits per heavy atom. The average molecular weight is 358 g/mol. The molecule has 0 aromatic heterocycles. The topological polar surface area (TPSA) is 52.7 Å². The molecule has 2 saturated heterocycles. The van der Waals surface area contributed by atoms with Gasteiger partial charge < -0.3 is 15.1 Å². The zero-order chi connectivity index (χ0) is 16.1. The SMILES string of the molecule is Cl.O=C(CC1CCCC1)N1CCCN(C(=O)C2CCCNC2)CC1. The summed E-state index contributed by atoms with van der Waals surface area (Å²) in [5, 5.41) is 3.33. The van der Waals surface area contributed by atoms with Crippen LogP contribution in [0.15, 0.2) is 0 Å². The minimum absolute atomic E-state index is 0. The molecule has 1 saturated carbocycles. The zero-order valence-electron chi connectivity index (χ0n) is 14.7. The maximum absolute atomic E-state index is 12.6. The second-order valence-electron chi connectivity index (χ2n) is 7.46. The fourth-order valence-corrected chi connectivity index (χ4v) is 4.30. The maximum atomic E-state index is 12.6. The van der Waals surface area contributed by atoms with Crippen molar-refractivity contribution in [1.29, 1.82) is 0 Å². The summed E-state index contributed by atoms with van der Waals surface area (Å²) in [4.78, 5) is 29.1. The van der Waals surface area contributed by atoms with E-state index < -0.39 is 0 Å². The van der Waals surface area contributed by atoms with E-state index in [0.717, 1.165) is 58.4 Å². The Morgan fingerprint density at radius 2 is 1.58 bits per heavy atom. The monoisotopic (exact) mass is 357 g/mol. The van der Waals surface area contributed by atoms with Crippen molar-refractivity contribution in [3.05, 3.63) is 0 Å². The lowest BCUT2D eigenvalue weighted by molar-refractivity contribution is -0.137. The largest absolute Gasteiger partial charge is 0.341 e. The van der Waals surface area contributed by atoms with Gasteiger partial charge in [0.1, 0.15) is 0 Å². The van der Waals surface area contributed by atoms with E-state index in [9.17, 15) is 9.59 Å². The first-order valence-electron chi connectivity index (χ1n) is 9.51. The normalized spacial score (nSPS) is 25.9. The first-order chi connectivity index (χ1) is 11.2. The van der Waals surface area contributed by atoms with Gasteiger partial charge in [0.05, 0.1) is 5.92 Å². The lowest BCUT2D eigenvalue weighted by Gasteiger charge is -2.29. The molecule has 2 heterocycles. The van der Waals surface area contributed by atoms with E-state index in [4.69, 9.17) is 0 Å². The third-order valence-corrected chi connectivity index (χ3v) is 5.74. The number of nitrogens with zero attached hydrogens (tertiary/aromatic N) is 2. The molecule has 3 fully saturated rings. The van der Waals surface area contributed by atoms with Crippen molar-refractivity contribution in [2.75, 3.05) is 39.3 Å². The van der Waals surface area contributed by atoms with Gasteiger partial charge >= 0.3 is 0 Å². The summed E-state index contributed by atoms with van der Waals surface area (Å²) in [6, 6.07) is 0. The van der Waals surface area contributed by atoms with Crippen LogP contribution in [0.5, 0.6) is 0 Å². The number of rotatable bonds is 3. The molecular weight excluding hydrogens is 326 g/mol. The molecule has 0 bridgehead atoms. The Balaban J connectivity index is 0.00000208. The van der Waals surface area contributed by atoms with Gasteiger partial charge in [-0.2, -0.15) is 0 Å². The highest BCUT2D eigenvalue weighted by Gasteiger charge is 2.29. The minimum atomic E-state index is 0. The van der Waals surface area contributed by atoms with Crippen LogP contribution in [0.4, 0.5) is 0 Å². The van der Waals surface area contributed by atoms with Crippen LogP contribution in [0.3, 0.4) is 0 Å². The molecule has 0 aromatic carbocycles. The van der Waals surface area contributed by atoms with Crippen molar-refractivity contribution in [1.82, 2.24) is 15.1 Å². The van der Waals surface area contributed by atoms with E-state index in [1.807, 2.05) is 9.80 Å². The quantitative estimate of drug-likeness (QED) is 0.841. The highest BCUT2D eigenvalue weighted by atomic mass is 35.5. The Morgan fingerprint density at radius 3 is 2.29 bits per heavy atom. The van der Waals surface area contributed by atoms with Crippen LogP contribution in [-0.2, 0) is 9.59 Å². The molecule has 3 aliphatic rings. The molecule has 1 atom stereocenters. The standard InChI is InChI=1S/C18H31N3O2.ClH/c22-17(13-15-5-1-2-6-15)20-9-4-10-21(12-11-20)18(23)16-7-3-8-19-14-16;/h15-16,19H,1-14H2;1H. The van der Waals surface area contributed by atoms with E-state index in [2.05, 4.69) is 5.32 Å². The molecule has 24 heavy (non-hydrogen) atoms. The van der Waals surface area contributed by atoms with Gasteiger partial charge in [-0.15, -0.1) is 12.4 Å². The maximum Gasteiger partial charge on any atom is 0.227 e. The van der Waals surface area contributed by atoms with Gasteiger partial charge in [-0.05, 0) is 44.6 Å². The third-order valence-electron chi connectivity index (χ3n) is 5.74. The molecular formula is C18H32ClN3O2. The number of piperidine rings is 1. The van der Waals surface area contributed by atoms with Gasteiger partial charge in [0.25, 0.3) is 0 Å². The molecule has 1 unspecified atom stereocenters. The predicted molar refractivity (Wildman–Crippen MR) is 97.2 cm³/mol. The van der Waals surface area contributed by atoms with Crippen LogP contribution in [0.2, 0.25) is 0 Å². The fourth-order valence-electron chi connectivity index (χ4n) is 4.30. The highest BCUT2D eigenvalue weighted by molar-refractivity contribution is 5.85. The van der Waals surface area contributed by atoms with Crippen molar-refractivity contribution in [3.8, 4) is 0 Å². The lowest BCUT2D eigenvalue weighted by atomic mass is 9.98. The van der Waals surface area contributed by atoms with Crippen LogP contribution in [-0.4, -0.2) is 60.9 Å². The van der Waals surface area contributed by atoms with Crippen molar-refractivity contribution < 1.29 is 9.59 Å². The predicted octanol–water partition coefficient (Wildman–Crippen LogP) is 2.05. The van der Waals surface area contributed by atoms with Crippen LogP contribution in [0, 0.1) is 11.8 Å². The van der Waals surface area contributed by atoms with Crippen LogP contribution in [0.25, 0.3) is 0 Å². The van der Waals surface area contributed by atoms with E-state index in [1.165, 1.54) is 25.7 Å². The Hall–Kier alpha value is -0.810. The van der Waals surface area contributed by atoms with Gasteiger partial charge in [0.2, 0.25) is 11.8 Å². The molecule has 2 aliphatic heterocycles. The number of carbonyl (C=O) groups excluding carboxylic acids is 2. The van der Waals surface area contributed by atoms with Crippen LogP contribution >= 0.6 is 12.4 Å². The number of nitrogens with one attached hydrogen (secondary N) is 1. The van der Waals surface area contributed by atoms with Gasteiger partial charge in [-0.1, -0.05) is 12.8 Å². The summed E-state index contributed by atoms with van der Waals surface area (Å²) >= 11 is 0. The lowest BCUT2D eigenvalue weighted by Crippen LogP contribution is -2.44. The molecule has 6 heteroatoms. The molecule has 5 nitrogen and oxygen atoms in total. The first kappa shape index (κ1) is 19.5. The van der Waals surface area contributed by atoms with Crippen LogP contribution in [0.1, 0.15) is 51.4 Å². The van der Waals surface area contributed by atoms with Crippen molar-refractivity contribution in [2.24, 2.45) is 11.8 Å². The minimum Gasteiger partial charge on any atom is -0.341 e. The van der Waals surface area contributed by atoms with E-state index in [0.29, 0.717) is 24.3 Å². The Bertz CT molecular complexity index is 420. The van der Waals surface area contributed by atoms with E-state index >= 15 is 0 Å². The number of hydrogen-bond donors (Lipinski definition) is 1. The molecule has 2 amide bonds. The summed E-state index contributed by atoms with van der Waals surface area (Å²) in [5.41, 5.74) is 0. The summed E-state index contributed by atoms with van der Waals surface area (Å²) in [6.45, 7) is 4.91. The summed E-state index contributed by atoms with van der Waals surface area (Å²) in [7, 11) is 0. The van der Waals surface area contributed by atoms with E-state index in [-0.39, 0.29) is 18.3 Å². The molecule has 1 N–H and O–H groups in total. The summed E-state index contributed by atoms with van der Waals surface area (Å²) in [6.07, 6.45) is 8.76. The van der Waals surface area contributed by atoms with Gasteiger partial charge in [-0.25, -0.2) is 0 Å². The zero-order valence-corrected chi connectivity index (χ0v) is 15.5. The summed E-state index contributed by atoms with van der Waals surface area (Å²) < 4.78 is 0. The van der Waals surface area contributed by atoms with Crippen molar-refractivity contribution >= 4 is 24.2 Å². The van der Waals surface area contributed by atoms with Gasteiger partial charge in [0, 0.05) is 39.1 Å². The van der Waals surface area contributed by atoms with Crippen molar-refractivity contribution in [2.45, 2.75) is 51.4 Å². The Labute approximate surface area is 151 Å². The molecule has 1 aliphatic carbocycles. The second kappa shape index (κ2) is 9.62. The number of carbonyl (C=O) groups is 2. The highest BCUT2D eigenvalue weighted by Crippen LogP contribution is 2.28. The van der Waals surface area contributed by atoms with Crippen LogP contribution < -0.4 is 5.32 Å². The number of hydrogen-bond acceptors (Lipinski definition) is 3. The number of amides is 2. The molecule has 138 valence electrons. The first-order valence-corrected chi connectivity index (χ1v) is 9.51. The van der Waals surface area contributed by atoms with Crippen molar-refractivity contribution in [3.63, 3.8) is 0 Å². The van der Waals surface area contributed by atoms with E-state index in [1.54, 1.807) is 0 Å². The fraction of sp³-hybridized carbons (Fsp3) is 0.889. The van der Waals surface area contributed by atoms with Gasteiger partial charge in [-0.3, -0.25) is 9.59 Å². The molecule has 0 radical (unpaired) electrons. The molecule has 0 aromatic rings. The Kier molecular flexibility index (Phi) is 7.82. The van der Waals surface area contributed by atoms with Gasteiger partial charge in [0.15, 0.2) is 0 Å². The number of halogens is 1. The third kappa shape index (κ3) is 5.09. The second-order valence-corrected chi connectivity index (χ2v) is 7.46. The summed E-state index contributed by atoms with van der Waals surface area (Å²) in [5.74, 6) is 1.36. The molecule has 0 spiro atoms.